The monoisotopic (exact) mass is 319 g/mol. The quantitative estimate of drug-likeness (QED) is 0.859. The van der Waals surface area contributed by atoms with Crippen LogP contribution in [0.2, 0.25) is 13.6 Å². The number of nitrogens with one attached hydrogen (secondary N) is 1. The topological polar surface area (TPSA) is 62.1 Å². The maximum absolute atomic E-state index is 4.23. The van der Waals surface area contributed by atoms with Gasteiger partial charge in [-0.05, 0) is 37.2 Å². The highest BCUT2D eigenvalue weighted by molar-refractivity contribution is 6.74. The van der Waals surface area contributed by atoms with Gasteiger partial charge in [-0.1, -0.05) is 52.4 Å². The Hall–Kier alpha value is -1.08. The molecule has 128 valence electrons. The van der Waals surface area contributed by atoms with Gasteiger partial charge in [-0.25, -0.2) is 4.68 Å². The van der Waals surface area contributed by atoms with Crippen LogP contribution in [0.25, 0.3) is 0 Å². The lowest BCUT2D eigenvalue weighted by molar-refractivity contribution is 0.274. The summed E-state index contributed by atoms with van der Waals surface area (Å²) in [7, 11) is 0. The summed E-state index contributed by atoms with van der Waals surface area (Å²) in [5.41, 5.74) is -0.141. The fourth-order valence-corrected chi connectivity index (χ4v) is 3.48. The Balaban J connectivity index is 0.000000595. The van der Waals surface area contributed by atoms with Crippen LogP contribution in [0.15, 0.2) is 0 Å². The van der Waals surface area contributed by atoms with Gasteiger partial charge >= 0.3 is 6.98 Å². The van der Waals surface area contributed by atoms with Gasteiger partial charge in [0, 0.05) is 0 Å². The highest BCUT2D eigenvalue weighted by Gasteiger charge is 2.54. The van der Waals surface area contributed by atoms with Crippen molar-refractivity contribution < 1.29 is 0 Å². The summed E-state index contributed by atoms with van der Waals surface area (Å²) < 4.78 is 4.43. The lowest BCUT2D eigenvalue weighted by Crippen LogP contribution is -2.75. The zero-order chi connectivity index (χ0) is 17.2. The van der Waals surface area contributed by atoms with Crippen LogP contribution < -0.4 is 10.0 Å². The molecule has 3 rings (SSSR count). The maximum atomic E-state index is 4.23. The second-order valence-corrected chi connectivity index (χ2v) is 7.13. The van der Waals surface area contributed by atoms with Crippen molar-refractivity contribution in [2.24, 2.45) is 0 Å². The molecule has 1 saturated heterocycles. The number of rotatable bonds is 3. The number of fused-ring (bicyclic) bond motifs is 3. The van der Waals surface area contributed by atoms with Gasteiger partial charge in [0.25, 0.3) is 6.98 Å². The predicted octanol–water partition coefficient (Wildman–Crippen LogP) is 1.91. The number of tetrazole rings is 1. The SMILES string of the molecule is CCC.CCCCN1B(C)NC2N(B1C)c1nnnn1C2(C)C. The van der Waals surface area contributed by atoms with Crippen molar-refractivity contribution in [3.63, 3.8) is 0 Å². The van der Waals surface area contributed by atoms with Gasteiger partial charge in [0.15, 0.2) is 0 Å². The van der Waals surface area contributed by atoms with Gasteiger partial charge in [-0.3, -0.25) is 0 Å². The number of hydrogen-bond acceptors (Lipinski definition) is 6. The van der Waals surface area contributed by atoms with E-state index in [-0.39, 0.29) is 11.7 Å². The molecule has 0 aromatic carbocycles. The van der Waals surface area contributed by atoms with Crippen molar-refractivity contribution in [2.75, 3.05) is 11.4 Å². The second kappa shape index (κ2) is 7.21. The van der Waals surface area contributed by atoms with Crippen molar-refractivity contribution in [3.8, 4) is 0 Å². The van der Waals surface area contributed by atoms with Crippen LogP contribution in [-0.2, 0) is 5.54 Å². The third-order valence-electron chi connectivity index (χ3n) is 4.73. The van der Waals surface area contributed by atoms with E-state index in [0.717, 1.165) is 12.5 Å². The normalized spacial score (nSPS) is 22.6. The molecule has 0 spiro atoms. The minimum Gasteiger partial charge on any atom is -0.353 e. The Kier molecular flexibility index (Phi) is 5.73. The highest BCUT2D eigenvalue weighted by atomic mass is 15.7. The van der Waals surface area contributed by atoms with Crippen LogP contribution in [0.5, 0.6) is 0 Å². The first-order chi connectivity index (χ1) is 10.9. The zero-order valence-corrected chi connectivity index (χ0v) is 15.7. The standard InChI is InChI=1S/C11H23B2N7.C3H8/c1-6-7-8-18-12(4)14-9-11(2,3)20-10(15-16-17-20)19(9)13(18)5;1-3-2/h9,14H,6-8H2,1-5H3;3H2,1-2H3. The Morgan fingerprint density at radius 2 is 1.87 bits per heavy atom. The van der Waals surface area contributed by atoms with E-state index < -0.39 is 0 Å². The van der Waals surface area contributed by atoms with Crippen molar-refractivity contribution in [3.05, 3.63) is 0 Å². The number of nitrogens with zero attached hydrogens (tertiary/aromatic N) is 6. The summed E-state index contributed by atoms with van der Waals surface area (Å²) in [5, 5.41) is 16.0. The van der Waals surface area contributed by atoms with Crippen molar-refractivity contribution in [2.45, 2.75) is 79.2 Å². The van der Waals surface area contributed by atoms with Crippen molar-refractivity contribution in [1.82, 2.24) is 30.2 Å². The molecule has 7 nitrogen and oxygen atoms in total. The van der Waals surface area contributed by atoms with Crippen LogP contribution in [0.4, 0.5) is 5.95 Å². The lowest BCUT2D eigenvalue weighted by Gasteiger charge is -2.48. The van der Waals surface area contributed by atoms with Crippen LogP contribution in [-0.4, -0.2) is 51.6 Å². The summed E-state index contributed by atoms with van der Waals surface area (Å²) in [6, 6.07) is 0. The van der Waals surface area contributed by atoms with Crippen LogP contribution in [0, 0.1) is 0 Å². The van der Waals surface area contributed by atoms with Crippen LogP contribution in [0.1, 0.15) is 53.9 Å². The van der Waals surface area contributed by atoms with Crippen molar-refractivity contribution >= 4 is 19.9 Å². The molecule has 0 saturated carbocycles. The Labute approximate surface area is 141 Å². The number of anilines is 1. The largest absolute Gasteiger partial charge is 0.353 e. The Morgan fingerprint density at radius 1 is 1.22 bits per heavy atom. The smallest absolute Gasteiger partial charge is 0.333 e. The number of aromatic nitrogens is 4. The molecule has 1 fully saturated rings. The molecule has 0 amide bonds. The summed E-state index contributed by atoms with van der Waals surface area (Å²) in [5.74, 6) is 0.869. The van der Waals surface area contributed by atoms with Gasteiger partial charge < -0.3 is 14.8 Å². The third-order valence-corrected chi connectivity index (χ3v) is 4.73. The van der Waals surface area contributed by atoms with Gasteiger partial charge in [0.2, 0.25) is 5.95 Å². The fourth-order valence-electron chi connectivity index (χ4n) is 3.48. The van der Waals surface area contributed by atoms with Gasteiger partial charge in [-0.15, -0.1) is 0 Å². The molecule has 3 heterocycles. The second-order valence-electron chi connectivity index (χ2n) is 7.13. The maximum Gasteiger partial charge on any atom is 0.333 e. The Morgan fingerprint density at radius 3 is 2.48 bits per heavy atom. The van der Waals surface area contributed by atoms with E-state index in [9.17, 15) is 0 Å². The molecule has 0 aliphatic carbocycles. The van der Waals surface area contributed by atoms with Crippen LogP contribution in [0.3, 0.4) is 0 Å². The zero-order valence-electron chi connectivity index (χ0n) is 15.7. The van der Waals surface area contributed by atoms with Gasteiger partial charge in [0.05, 0.1) is 11.7 Å². The molecule has 0 radical (unpaired) electrons. The van der Waals surface area contributed by atoms with E-state index in [1.807, 2.05) is 4.68 Å². The third kappa shape index (κ3) is 3.13. The van der Waals surface area contributed by atoms with E-state index in [1.165, 1.54) is 19.3 Å². The van der Waals surface area contributed by atoms with Crippen molar-refractivity contribution in [1.29, 1.82) is 0 Å². The number of hydrogen-bond donors (Lipinski definition) is 1. The molecule has 2 aliphatic rings. The highest BCUT2D eigenvalue weighted by Crippen LogP contribution is 2.38. The first kappa shape index (κ1) is 18.3. The average molecular weight is 319 g/mol. The van der Waals surface area contributed by atoms with Gasteiger partial charge in [0.1, 0.15) is 0 Å². The average Bonchev–Trinajstić information content (AvgIpc) is 3.03. The fraction of sp³-hybridized carbons (Fsp3) is 0.929. The Bertz CT molecular complexity index is 507. The minimum atomic E-state index is -0.141. The molecular weight excluding hydrogens is 288 g/mol. The van der Waals surface area contributed by atoms with E-state index in [1.54, 1.807) is 0 Å². The predicted molar refractivity (Wildman–Crippen MR) is 97.4 cm³/mol. The molecule has 23 heavy (non-hydrogen) atoms. The molecule has 1 N–H and O–H groups in total. The summed E-state index contributed by atoms with van der Waals surface area (Å²) in [4.78, 5) is 2.32. The van der Waals surface area contributed by atoms with E-state index >= 15 is 0 Å². The van der Waals surface area contributed by atoms with E-state index in [2.05, 4.69) is 78.6 Å². The minimum absolute atomic E-state index is 0.141. The summed E-state index contributed by atoms with van der Waals surface area (Å²) in [6.45, 7) is 17.1. The molecule has 1 aromatic rings. The molecule has 0 bridgehead atoms. The molecule has 1 atom stereocenters. The molecule has 1 unspecified atom stereocenters. The van der Waals surface area contributed by atoms with Gasteiger partial charge in [-0.2, -0.15) is 0 Å². The molecule has 9 heteroatoms. The first-order valence-corrected chi connectivity index (χ1v) is 8.99. The molecule has 1 aromatic heterocycles. The lowest BCUT2D eigenvalue weighted by atomic mass is 9.57. The van der Waals surface area contributed by atoms with E-state index in [4.69, 9.17) is 0 Å². The molecule has 2 aliphatic heterocycles. The summed E-state index contributed by atoms with van der Waals surface area (Å²) >= 11 is 0. The number of unbranched alkanes of at least 4 members (excludes halogenated alkanes) is 1. The van der Waals surface area contributed by atoms with Crippen LogP contribution >= 0.6 is 0 Å². The summed E-state index contributed by atoms with van der Waals surface area (Å²) in [6.07, 6.45) is 3.88. The molecular formula is C14H31B2N7. The first-order valence-electron chi connectivity index (χ1n) is 8.99. The van der Waals surface area contributed by atoms with E-state index in [0.29, 0.717) is 14.0 Å².